The molecule has 0 aliphatic carbocycles. The highest BCUT2D eigenvalue weighted by Crippen LogP contribution is 2.30. The molecule has 4 N–H and O–H groups in total. The van der Waals surface area contributed by atoms with Crippen molar-refractivity contribution in [3.05, 3.63) is 71.8 Å². The van der Waals surface area contributed by atoms with Crippen LogP contribution >= 0.6 is 0 Å². The Labute approximate surface area is 211 Å². The molecule has 9 heteroatoms. The summed E-state index contributed by atoms with van der Waals surface area (Å²) in [6.45, 7) is 3.38. The summed E-state index contributed by atoms with van der Waals surface area (Å²) < 4.78 is 29.6. The third-order valence-corrected chi connectivity index (χ3v) is 8.15. The number of piperidine rings is 1. The van der Waals surface area contributed by atoms with Gasteiger partial charge in [-0.2, -0.15) is 0 Å². The van der Waals surface area contributed by atoms with Crippen LogP contribution in [0, 0.1) is 6.92 Å². The van der Waals surface area contributed by atoms with Crippen molar-refractivity contribution in [2.45, 2.75) is 43.5 Å². The largest absolute Gasteiger partial charge is 0.343 e. The highest BCUT2D eigenvalue weighted by Gasteiger charge is 2.27. The van der Waals surface area contributed by atoms with Gasteiger partial charge in [-0.1, -0.05) is 42.5 Å². The molecule has 0 saturated carbocycles. The highest BCUT2D eigenvalue weighted by molar-refractivity contribution is 7.89. The fourth-order valence-electron chi connectivity index (χ4n) is 4.58. The summed E-state index contributed by atoms with van der Waals surface area (Å²) in [4.78, 5) is 27.1. The molecule has 0 radical (unpaired) electrons. The maximum absolute atomic E-state index is 13.4. The number of amides is 2. The van der Waals surface area contributed by atoms with E-state index in [4.69, 9.17) is 5.73 Å². The standard InChI is InChI=1S/C27H32N4O4S/c1-19-7-2-3-8-21(19)27(33)29-24-11-4-10-23-22(24)9-5-12-25(23)36(34,35)30-20-14-17-31(18-15-20)26(32)13-6-16-28/h2-5,7-12,20,30H,6,13-18,28H2,1H3,(H,29,33). The first-order chi connectivity index (χ1) is 17.3. The van der Waals surface area contributed by atoms with Crippen molar-refractivity contribution in [2.75, 3.05) is 25.0 Å². The van der Waals surface area contributed by atoms with Crippen LogP contribution in [0.15, 0.2) is 65.6 Å². The molecule has 0 atom stereocenters. The van der Waals surface area contributed by atoms with Gasteiger partial charge in [-0.25, -0.2) is 13.1 Å². The van der Waals surface area contributed by atoms with Crippen molar-refractivity contribution >= 4 is 38.3 Å². The fraction of sp³-hybridized carbons (Fsp3) is 0.333. The van der Waals surface area contributed by atoms with E-state index >= 15 is 0 Å². The van der Waals surface area contributed by atoms with Gasteiger partial charge in [-0.05, 0) is 56.5 Å². The van der Waals surface area contributed by atoms with Crippen LogP contribution in [0.2, 0.25) is 0 Å². The second kappa shape index (κ2) is 11.2. The third-order valence-electron chi connectivity index (χ3n) is 6.57. The van der Waals surface area contributed by atoms with E-state index < -0.39 is 10.0 Å². The van der Waals surface area contributed by atoms with Crippen LogP contribution in [0.4, 0.5) is 5.69 Å². The second-order valence-corrected chi connectivity index (χ2v) is 10.8. The number of hydrogen-bond donors (Lipinski definition) is 3. The van der Waals surface area contributed by atoms with Gasteiger partial charge in [0.15, 0.2) is 0 Å². The van der Waals surface area contributed by atoms with E-state index in [2.05, 4.69) is 10.0 Å². The maximum atomic E-state index is 13.4. The quantitative estimate of drug-likeness (QED) is 0.431. The summed E-state index contributed by atoms with van der Waals surface area (Å²) in [5.41, 5.74) is 7.45. The summed E-state index contributed by atoms with van der Waals surface area (Å²) >= 11 is 0. The van der Waals surface area contributed by atoms with E-state index in [1.807, 2.05) is 25.1 Å². The molecule has 8 nitrogen and oxygen atoms in total. The van der Waals surface area contributed by atoms with Gasteiger partial charge in [0.05, 0.1) is 4.90 Å². The Hall–Kier alpha value is -3.27. The van der Waals surface area contributed by atoms with Gasteiger partial charge in [0.2, 0.25) is 15.9 Å². The molecule has 0 spiro atoms. The predicted octanol–water partition coefficient (Wildman–Crippen LogP) is 3.41. The summed E-state index contributed by atoms with van der Waals surface area (Å²) in [5, 5.41) is 4.10. The first-order valence-corrected chi connectivity index (χ1v) is 13.7. The molecular weight excluding hydrogens is 476 g/mol. The molecule has 0 aromatic heterocycles. The molecule has 1 fully saturated rings. The number of carbonyl (C=O) groups is 2. The Bertz CT molecular complexity index is 1370. The van der Waals surface area contributed by atoms with Gasteiger partial charge < -0.3 is 16.0 Å². The van der Waals surface area contributed by atoms with Gasteiger partial charge in [0.1, 0.15) is 0 Å². The van der Waals surface area contributed by atoms with Crippen LogP contribution in [-0.4, -0.2) is 50.8 Å². The van der Waals surface area contributed by atoms with Crippen LogP contribution < -0.4 is 15.8 Å². The number of nitrogens with one attached hydrogen (secondary N) is 2. The molecule has 0 unspecified atom stereocenters. The number of rotatable bonds is 8. The Morgan fingerprint density at radius 1 is 0.972 bits per heavy atom. The lowest BCUT2D eigenvalue weighted by atomic mass is 10.1. The van der Waals surface area contributed by atoms with Crippen molar-refractivity contribution in [3.63, 3.8) is 0 Å². The van der Waals surface area contributed by atoms with Crippen molar-refractivity contribution in [3.8, 4) is 0 Å². The van der Waals surface area contributed by atoms with Crippen molar-refractivity contribution in [1.29, 1.82) is 0 Å². The van der Waals surface area contributed by atoms with Crippen LogP contribution in [0.5, 0.6) is 0 Å². The number of benzene rings is 3. The average molecular weight is 509 g/mol. The number of anilines is 1. The van der Waals surface area contributed by atoms with E-state index in [1.54, 1.807) is 47.4 Å². The zero-order valence-electron chi connectivity index (χ0n) is 20.4. The first kappa shape index (κ1) is 25.8. The van der Waals surface area contributed by atoms with E-state index in [0.717, 1.165) is 5.56 Å². The Kier molecular flexibility index (Phi) is 8.03. The van der Waals surface area contributed by atoms with Crippen molar-refractivity contribution < 1.29 is 18.0 Å². The lowest BCUT2D eigenvalue weighted by molar-refractivity contribution is -0.132. The molecule has 190 valence electrons. The second-order valence-electron chi connectivity index (χ2n) is 9.09. The number of sulfonamides is 1. The maximum Gasteiger partial charge on any atom is 0.255 e. The van der Waals surface area contributed by atoms with Crippen LogP contribution in [-0.2, 0) is 14.8 Å². The first-order valence-electron chi connectivity index (χ1n) is 12.2. The van der Waals surface area contributed by atoms with E-state index in [0.29, 0.717) is 67.3 Å². The zero-order chi connectivity index (χ0) is 25.7. The molecule has 1 heterocycles. The number of nitrogens with two attached hydrogens (primary N) is 1. The number of fused-ring (bicyclic) bond motifs is 1. The minimum atomic E-state index is -3.83. The monoisotopic (exact) mass is 508 g/mol. The minimum Gasteiger partial charge on any atom is -0.343 e. The number of carbonyl (C=O) groups excluding carboxylic acids is 2. The molecule has 2 amide bonds. The summed E-state index contributed by atoms with van der Waals surface area (Å²) in [6.07, 6.45) is 2.18. The fourth-order valence-corrected chi connectivity index (χ4v) is 6.11. The molecule has 1 aliphatic heterocycles. The number of nitrogens with zero attached hydrogens (tertiary/aromatic N) is 1. The average Bonchev–Trinajstić information content (AvgIpc) is 2.87. The highest BCUT2D eigenvalue weighted by atomic mass is 32.2. The molecule has 4 rings (SSSR count). The van der Waals surface area contributed by atoms with Crippen LogP contribution in [0.1, 0.15) is 41.6 Å². The third kappa shape index (κ3) is 5.75. The Balaban J connectivity index is 1.51. The Morgan fingerprint density at radius 3 is 2.39 bits per heavy atom. The number of likely N-dealkylation sites (tertiary alicyclic amines) is 1. The number of aryl methyl sites for hydroxylation is 1. The lowest BCUT2D eigenvalue weighted by Gasteiger charge is -2.32. The van der Waals surface area contributed by atoms with E-state index in [9.17, 15) is 18.0 Å². The molecular formula is C27H32N4O4S. The summed E-state index contributed by atoms with van der Waals surface area (Å²) in [5.74, 6) is -0.184. The molecule has 36 heavy (non-hydrogen) atoms. The predicted molar refractivity (Wildman–Crippen MR) is 141 cm³/mol. The van der Waals surface area contributed by atoms with E-state index in [1.165, 1.54) is 0 Å². The van der Waals surface area contributed by atoms with E-state index in [-0.39, 0.29) is 22.8 Å². The summed E-state index contributed by atoms with van der Waals surface area (Å²) in [6, 6.07) is 17.3. The molecule has 3 aromatic carbocycles. The van der Waals surface area contributed by atoms with Crippen LogP contribution in [0.25, 0.3) is 10.8 Å². The number of hydrogen-bond acceptors (Lipinski definition) is 5. The van der Waals surface area contributed by atoms with Crippen LogP contribution in [0.3, 0.4) is 0 Å². The zero-order valence-corrected chi connectivity index (χ0v) is 21.2. The van der Waals surface area contributed by atoms with Crippen molar-refractivity contribution in [2.24, 2.45) is 5.73 Å². The Morgan fingerprint density at radius 2 is 1.67 bits per heavy atom. The van der Waals surface area contributed by atoms with Gasteiger partial charge in [0, 0.05) is 47.6 Å². The summed E-state index contributed by atoms with van der Waals surface area (Å²) in [7, 11) is -3.83. The smallest absolute Gasteiger partial charge is 0.255 e. The van der Waals surface area contributed by atoms with Gasteiger partial charge in [-0.15, -0.1) is 0 Å². The van der Waals surface area contributed by atoms with Gasteiger partial charge in [-0.3, -0.25) is 9.59 Å². The lowest BCUT2D eigenvalue weighted by Crippen LogP contribution is -2.46. The molecule has 1 aliphatic rings. The molecule has 1 saturated heterocycles. The minimum absolute atomic E-state index is 0.0658. The normalized spacial score (nSPS) is 14.7. The van der Waals surface area contributed by atoms with Crippen molar-refractivity contribution in [1.82, 2.24) is 9.62 Å². The van der Waals surface area contributed by atoms with Gasteiger partial charge in [0.25, 0.3) is 5.91 Å². The molecule has 0 bridgehead atoms. The SMILES string of the molecule is Cc1ccccc1C(=O)Nc1cccc2c(S(=O)(=O)NC3CCN(C(=O)CCCN)CC3)cccc12. The molecule has 3 aromatic rings. The van der Waals surface area contributed by atoms with Gasteiger partial charge >= 0.3 is 0 Å². The topological polar surface area (TPSA) is 122 Å².